The van der Waals surface area contributed by atoms with Crippen molar-refractivity contribution in [3.63, 3.8) is 0 Å². The van der Waals surface area contributed by atoms with Crippen molar-refractivity contribution in [1.29, 1.82) is 5.26 Å². The molecule has 1 aliphatic rings. The van der Waals surface area contributed by atoms with E-state index in [1.54, 1.807) is 6.07 Å². The molecular weight excluding hydrogens is 315 g/mol. The van der Waals surface area contributed by atoms with Crippen LogP contribution in [0.1, 0.15) is 30.5 Å². The zero-order valence-electron chi connectivity index (χ0n) is 14.5. The van der Waals surface area contributed by atoms with Gasteiger partial charge < -0.3 is 4.90 Å². The van der Waals surface area contributed by atoms with Gasteiger partial charge in [0.05, 0.1) is 11.4 Å². The predicted molar refractivity (Wildman–Crippen MR) is 96.7 cm³/mol. The first-order valence-electron chi connectivity index (χ1n) is 8.72. The Bertz CT molecular complexity index is 741. The normalized spacial score (nSPS) is 18.0. The SMILES string of the molecule is CN(Cc1ccccn1)C1CCCN(c2cccc(F)c2C#N)CC1. The molecule has 1 aliphatic heterocycles. The summed E-state index contributed by atoms with van der Waals surface area (Å²) in [5.74, 6) is -0.437. The summed E-state index contributed by atoms with van der Waals surface area (Å²) >= 11 is 0. The summed E-state index contributed by atoms with van der Waals surface area (Å²) in [6.45, 7) is 2.51. The molecule has 0 aliphatic carbocycles. The van der Waals surface area contributed by atoms with E-state index < -0.39 is 5.82 Å². The van der Waals surface area contributed by atoms with Gasteiger partial charge in [0.2, 0.25) is 0 Å². The van der Waals surface area contributed by atoms with Gasteiger partial charge in [0.15, 0.2) is 0 Å². The third kappa shape index (κ3) is 4.15. The largest absolute Gasteiger partial charge is 0.370 e. The van der Waals surface area contributed by atoms with Crippen LogP contribution in [0, 0.1) is 17.1 Å². The highest BCUT2D eigenvalue weighted by Crippen LogP contribution is 2.26. The minimum atomic E-state index is -0.437. The number of hydrogen-bond acceptors (Lipinski definition) is 4. The average Bonchev–Trinajstić information content (AvgIpc) is 2.88. The number of nitrogens with zero attached hydrogens (tertiary/aromatic N) is 4. The Labute approximate surface area is 148 Å². The van der Waals surface area contributed by atoms with Crippen molar-refractivity contribution in [2.75, 3.05) is 25.0 Å². The molecule has 4 nitrogen and oxygen atoms in total. The van der Waals surface area contributed by atoms with E-state index in [9.17, 15) is 9.65 Å². The van der Waals surface area contributed by atoms with E-state index in [-0.39, 0.29) is 5.56 Å². The number of benzene rings is 1. The molecule has 130 valence electrons. The van der Waals surface area contributed by atoms with Crippen LogP contribution in [0.4, 0.5) is 10.1 Å². The number of nitriles is 1. The maximum Gasteiger partial charge on any atom is 0.143 e. The van der Waals surface area contributed by atoms with Gasteiger partial charge in [-0.2, -0.15) is 5.26 Å². The lowest BCUT2D eigenvalue weighted by Crippen LogP contribution is -2.33. The maximum absolute atomic E-state index is 13.9. The van der Waals surface area contributed by atoms with E-state index in [4.69, 9.17) is 0 Å². The van der Waals surface area contributed by atoms with Crippen LogP contribution in [0.3, 0.4) is 0 Å². The molecule has 1 fully saturated rings. The van der Waals surface area contributed by atoms with Crippen LogP contribution in [-0.2, 0) is 6.54 Å². The van der Waals surface area contributed by atoms with Crippen LogP contribution in [-0.4, -0.2) is 36.1 Å². The first-order valence-corrected chi connectivity index (χ1v) is 8.72. The van der Waals surface area contributed by atoms with Crippen molar-refractivity contribution in [3.8, 4) is 6.07 Å². The Balaban J connectivity index is 1.67. The monoisotopic (exact) mass is 338 g/mol. The Kier molecular flexibility index (Phi) is 5.62. The van der Waals surface area contributed by atoms with Gasteiger partial charge in [0, 0.05) is 31.9 Å². The van der Waals surface area contributed by atoms with Crippen molar-refractivity contribution in [2.45, 2.75) is 31.8 Å². The number of aromatic nitrogens is 1. The van der Waals surface area contributed by atoms with Gasteiger partial charge in [-0.05, 0) is 50.6 Å². The fraction of sp³-hybridized carbons (Fsp3) is 0.400. The average molecular weight is 338 g/mol. The van der Waals surface area contributed by atoms with Crippen LogP contribution >= 0.6 is 0 Å². The third-order valence-electron chi connectivity index (χ3n) is 4.90. The third-order valence-corrected chi connectivity index (χ3v) is 4.90. The van der Waals surface area contributed by atoms with Crippen LogP contribution in [0.5, 0.6) is 0 Å². The molecule has 0 spiro atoms. The van der Waals surface area contributed by atoms with Gasteiger partial charge in [-0.15, -0.1) is 0 Å². The summed E-state index contributed by atoms with van der Waals surface area (Å²) in [7, 11) is 2.14. The van der Waals surface area contributed by atoms with E-state index >= 15 is 0 Å². The minimum Gasteiger partial charge on any atom is -0.370 e. The zero-order chi connectivity index (χ0) is 17.6. The molecule has 3 rings (SSSR count). The number of halogens is 1. The highest BCUT2D eigenvalue weighted by molar-refractivity contribution is 5.59. The van der Waals surface area contributed by atoms with Crippen molar-refractivity contribution >= 4 is 5.69 Å². The van der Waals surface area contributed by atoms with Gasteiger partial charge in [0.1, 0.15) is 17.4 Å². The van der Waals surface area contributed by atoms with E-state index in [1.807, 2.05) is 36.5 Å². The zero-order valence-corrected chi connectivity index (χ0v) is 14.5. The molecule has 0 bridgehead atoms. The molecule has 0 saturated carbocycles. The summed E-state index contributed by atoms with van der Waals surface area (Å²) in [4.78, 5) is 8.90. The minimum absolute atomic E-state index is 0.155. The molecule has 1 aromatic carbocycles. The van der Waals surface area contributed by atoms with Crippen molar-refractivity contribution in [2.24, 2.45) is 0 Å². The maximum atomic E-state index is 13.9. The summed E-state index contributed by atoms with van der Waals surface area (Å²) in [5, 5.41) is 9.27. The fourth-order valence-electron chi connectivity index (χ4n) is 3.52. The van der Waals surface area contributed by atoms with Crippen LogP contribution in [0.2, 0.25) is 0 Å². The van der Waals surface area contributed by atoms with E-state index in [0.717, 1.165) is 50.3 Å². The van der Waals surface area contributed by atoms with Gasteiger partial charge in [-0.25, -0.2) is 4.39 Å². The lowest BCUT2D eigenvalue weighted by molar-refractivity contribution is 0.215. The summed E-state index contributed by atoms with van der Waals surface area (Å²) in [6, 6.07) is 13.3. The molecule has 2 aromatic rings. The Morgan fingerprint density at radius 1 is 1.24 bits per heavy atom. The molecule has 25 heavy (non-hydrogen) atoms. The second-order valence-electron chi connectivity index (χ2n) is 6.55. The van der Waals surface area contributed by atoms with Crippen LogP contribution in [0.15, 0.2) is 42.6 Å². The van der Waals surface area contributed by atoms with Gasteiger partial charge >= 0.3 is 0 Å². The molecular formula is C20H23FN4. The molecule has 2 heterocycles. The van der Waals surface area contributed by atoms with E-state index in [2.05, 4.69) is 21.8 Å². The molecule has 1 atom stereocenters. The van der Waals surface area contributed by atoms with Crippen molar-refractivity contribution in [1.82, 2.24) is 9.88 Å². The van der Waals surface area contributed by atoms with E-state index in [1.165, 1.54) is 6.07 Å². The number of hydrogen-bond donors (Lipinski definition) is 0. The topological polar surface area (TPSA) is 43.2 Å². The smallest absolute Gasteiger partial charge is 0.143 e. The quantitative estimate of drug-likeness (QED) is 0.854. The van der Waals surface area contributed by atoms with Crippen molar-refractivity contribution < 1.29 is 4.39 Å². The second kappa shape index (κ2) is 8.09. The Morgan fingerprint density at radius 3 is 2.88 bits per heavy atom. The van der Waals surface area contributed by atoms with Crippen LogP contribution < -0.4 is 4.90 Å². The Hall–Kier alpha value is -2.45. The van der Waals surface area contributed by atoms with Crippen LogP contribution in [0.25, 0.3) is 0 Å². The standard InChI is InChI=1S/C20H23FN4/c1-24(15-16-6-2-3-11-23-16)17-7-5-12-25(13-10-17)20-9-4-8-19(21)18(20)14-22/h2-4,6,8-9,11,17H,5,7,10,12-13,15H2,1H3. The second-order valence-corrected chi connectivity index (χ2v) is 6.55. The summed E-state index contributed by atoms with van der Waals surface area (Å²) in [5.41, 5.74) is 1.95. The highest BCUT2D eigenvalue weighted by atomic mass is 19.1. The molecule has 0 N–H and O–H groups in total. The number of pyridine rings is 1. The number of rotatable bonds is 4. The van der Waals surface area contributed by atoms with Gasteiger partial charge in [-0.1, -0.05) is 12.1 Å². The molecule has 0 radical (unpaired) electrons. The summed E-state index contributed by atoms with van der Waals surface area (Å²) < 4.78 is 13.9. The van der Waals surface area contributed by atoms with Gasteiger partial charge in [-0.3, -0.25) is 9.88 Å². The lowest BCUT2D eigenvalue weighted by atomic mass is 10.1. The number of anilines is 1. The fourth-order valence-corrected chi connectivity index (χ4v) is 3.52. The first-order chi connectivity index (χ1) is 12.2. The predicted octanol–water partition coefficient (Wildman–Crippen LogP) is 3.58. The summed E-state index contributed by atoms with van der Waals surface area (Å²) in [6.07, 6.45) is 4.94. The molecule has 1 unspecified atom stereocenters. The molecule has 0 amide bonds. The molecule has 1 saturated heterocycles. The highest BCUT2D eigenvalue weighted by Gasteiger charge is 2.23. The van der Waals surface area contributed by atoms with E-state index in [0.29, 0.717) is 6.04 Å². The lowest BCUT2D eigenvalue weighted by Gasteiger charge is -2.27. The molecule has 5 heteroatoms. The first kappa shape index (κ1) is 17.4. The van der Waals surface area contributed by atoms with Gasteiger partial charge in [0.25, 0.3) is 0 Å². The van der Waals surface area contributed by atoms with Crippen molar-refractivity contribution in [3.05, 3.63) is 59.7 Å². The molecule has 1 aromatic heterocycles. The Morgan fingerprint density at radius 2 is 2.12 bits per heavy atom.